The maximum Gasteiger partial charge on any atom is 0.203 e. The third kappa shape index (κ3) is 4.83. The van der Waals surface area contributed by atoms with Crippen LogP contribution in [-0.4, -0.2) is 52.3 Å². The highest BCUT2D eigenvalue weighted by atomic mass is 16.5. The lowest BCUT2D eigenvalue weighted by Gasteiger charge is -2.30. The van der Waals surface area contributed by atoms with Gasteiger partial charge in [0, 0.05) is 26.7 Å². The summed E-state index contributed by atoms with van der Waals surface area (Å²) < 4.78 is 16.3. The molecule has 0 amide bonds. The topological polar surface area (TPSA) is 55.3 Å². The maximum absolute atomic E-state index is 5.44. The van der Waals surface area contributed by atoms with Crippen molar-refractivity contribution in [1.82, 2.24) is 10.2 Å². The molecule has 2 aromatic carbocycles. The Hall–Kier alpha value is -3.15. The van der Waals surface area contributed by atoms with Gasteiger partial charge in [0.05, 0.1) is 21.3 Å². The van der Waals surface area contributed by atoms with E-state index in [1.54, 1.807) is 21.3 Å². The Bertz CT molecular complexity index is 853. The van der Waals surface area contributed by atoms with Crippen molar-refractivity contribution in [2.24, 2.45) is 4.99 Å². The van der Waals surface area contributed by atoms with Crippen molar-refractivity contribution in [2.45, 2.75) is 13.0 Å². The molecule has 6 heteroatoms. The smallest absolute Gasteiger partial charge is 0.203 e. The lowest BCUT2D eigenvalue weighted by Crippen LogP contribution is -2.43. The van der Waals surface area contributed by atoms with E-state index in [0.717, 1.165) is 31.0 Å². The number of hydrogen-bond acceptors (Lipinski definition) is 4. The molecule has 1 heterocycles. The summed E-state index contributed by atoms with van der Waals surface area (Å²) in [4.78, 5) is 6.71. The lowest BCUT2D eigenvalue weighted by atomic mass is 10.00. The van der Waals surface area contributed by atoms with Crippen molar-refractivity contribution in [3.8, 4) is 17.2 Å². The number of aliphatic imine (C=N–C) groups is 1. The molecule has 29 heavy (non-hydrogen) atoms. The van der Waals surface area contributed by atoms with Gasteiger partial charge in [-0.1, -0.05) is 36.4 Å². The predicted molar refractivity (Wildman–Crippen MR) is 117 cm³/mol. The Labute approximate surface area is 172 Å². The van der Waals surface area contributed by atoms with Crippen LogP contribution in [0.4, 0.5) is 0 Å². The molecule has 0 aromatic heterocycles. The van der Waals surface area contributed by atoms with Crippen LogP contribution in [0, 0.1) is 0 Å². The molecular formula is C23H29N3O3. The van der Waals surface area contributed by atoms with E-state index in [1.165, 1.54) is 11.1 Å². The number of benzene rings is 2. The Morgan fingerprint density at radius 2 is 1.72 bits per heavy atom. The number of rotatable bonds is 6. The molecule has 0 bridgehead atoms. The van der Waals surface area contributed by atoms with Gasteiger partial charge in [-0.3, -0.25) is 4.99 Å². The molecule has 3 rings (SSSR count). The summed E-state index contributed by atoms with van der Waals surface area (Å²) in [6.07, 6.45) is 3.28. The molecule has 6 nitrogen and oxygen atoms in total. The monoisotopic (exact) mass is 395 g/mol. The lowest BCUT2D eigenvalue weighted by molar-refractivity contribution is 0.323. The molecule has 0 aliphatic carbocycles. The second kappa shape index (κ2) is 9.87. The van der Waals surface area contributed by atoms with E-state index in [1.807, 2.05) is 25.2 Å². The number of guanidine groups is 1. The van der Waals surface area contributed by atoms with Crippen molar-refractivity contribution in [3.05, 3.63) is 59.7 Å². The van der Waals surface area contributed by atoms with E-state index in [9.17, 15) is 0 Å². The van der Waals surface area contributed by atoms with E-state index in [4.69, 9.17) is 14.2 Å². The first-order valence-corrected chi connectivity index (χ1v) is 9.69. The fourth-order valence-corrected chi connectivity index (χ4v) is 3.53. The Kier molecular flexibility index (Phi) is 7.00. The number of hydrogen-bond donors (Lipinski definition) is 1. The standard InChI is InChI=1S/C23H29N3O3/c1-24-23(26-12-10-19(11-13-26)18-8-6-5-7-9-18)25-16-17-14-20(27-2)22(29-4)21(15-17)28-3/h5-10,14-15H,11-13,16H2,1-4H3,(H,24,25). The van der Waals surface area contributed by atoms with Crippen LogP contribution in [0.2, 0.25) is 0 Å². The average molecular weight is 396 g/mol. The Morgan fingerprint density at radius 3 is 2.24 bits per heavy atom. The van der Waals surface area contributed by atoms with E-state index in [-0.39, 0.29) is 0 Å². The van der Waals surface area contributed by atoms with E-state index in [0.29, 0.717) is 23.8 Å². The van der Waals surface area contributed by atoms with Crippen LogP contribution in [0.3, 0.4) is 0 Å². The van der Waals surface area contributed by atoms with Gasteiger partial charge in [-0.2, -0.15) is 0 Å². The van der Waals surface area contributed by atoms with Gasteiger partial charge in [0.1, 0.15) is 0 Å². The quantitative estimate of drug-likeness (QED) is 0.599. The molecule has 0 fully saturated rings. The first kappa shape index (κ1) is 20.6. The molecule has 1 N–H and O–H groups in total. The number of ether oxygens (including phenoxy) is 3. The van der Waals surface area contributed by atoms with Crippen molar-refractivity contribution < 1.29 is 14.2 Å². The maximum atomic E-state index is 5.44. The van der Waals surface area contributed by atoms with Crippen LogP contribution < -0.4 is 19.5 Å². The number of nitrogens with zero attached hydrogens (tertiary/aromatic N) is 2. The van der Waals surface area contributed by atoms with Crippen molar-refractivity contribution >= 4 is 11.5 Å². The van der Waals surface area contributed by atoms with Crippen molar-refractivity contribution in [2.75, 3.05) is 41.5 Å². The minimum Gasteiger partial charge on any atom is -0.493 e. The van der Waals surface area contributed by atoms with Gasteiger partial charge in [-0.25, -0.2) is 0 Å². The first-order chi connectivity index (χ1) is 14.2. The highest BCUT2D eigenvalue weighted by molar-refractivity contribution is 5.81. The fourth-order valence-electron chi connectivity index (χ4n) is 3.53. The van der Waals surface area contributed by atoms with Gasteiger partial charge in [0.25, 0.3) is 0 Å². The second-order valence-electron chi connectivity index (χ2n) is 6.73. The van der Waals surface area contributed by atoms with Crippen LogP contribution >= 0.6 is 0 Å². The minimum absolute atomic E-state index is 0.595. The highest BCUT2D eigenvalue weighted by Gasteiger charge is 2.17. The zero-order valence-corrected chi connectivity index (χ0v) is 17.6. The zero-order valence-electron chi connectivity index (χ0n) is 17.6. The van der Waals surface area contributed by atoms with Gasteiger partial charge < -0.3 is 24.4 Å². The van der Waals surface area contributed by atoms with Gasteiger partial charge in [-0.05, 0) is 35.3 Å². The predicted octanol–water partition coefficient (Wildman–Crippen LogP) is 3.58. The summed E-state index contributed by atoms with van der Waals surface area (Å²) in [5.74, 6) is 2.76. The normalized spacial score (nSPS) is 14.3. The summed E-state index contributed by atoms with van der Waals surface area (Å²) in [6, 6.07) is 14.4. The summed E-state index contributed by atoms with van der Waals surface area (Å²) in [7, 11) is 6.66. The van der Waals surface area contributed by atoms with Crippen LogP contribution in [-0.2, 0) is 6.54 Å². The highest BCUT2D eigenvalue weighted by Crippen LogP contribution is 2.38. The average Bonchev–Trinajstić information content (AvgIpc) is 2.79. The molecule has 0 spiro atoms. The third-order valence-electron chi connectivity index (χ3n) is 5.04. The largest absolute Gasteiger partial charge is 0.493 e. The zero-order chi connectivity index (χ0) is 20.6. The molecule has 0 saturated heterocycles. The fraction of sp³-hybridized carbons (Fsp3) is 0.348. The summed E-state index contributed by atoms with van der Waals surface area (Å²) in [5.41, 5.74) is 3.72. The van der Waals surface area contributed by atoms with Crippen molar-refractivity contribution in [3.63, 3.8) is 0 Å². The minimum atomic E-state index is 0.595. The summed E-state index contributed by atoms with van der Waals surface area (Å²) in [6.45, 7) is 2.37. The first-order valence-electron chi connectivity index (χ1n) is 9.69. The van der Waals surface area contributed by atoms with Gasteiger partial charge in [0.2, 0.25) is 5.75 Å². The van der Waals surface area contributed by atoms with Crippen LogP contribution in [0.1, 0.15) is 17.5 Å². The molecule has 0 atom stereocenters. The molecule has 1 aliphatic heterocycles. The third-order valence-corrected chi connectivity index (χ3v) is 5.04. The van der Waals surface area contributed by atoms with Crippen LogP contribution in [0.5, 0.6) is 17.2 Å². The molecule has 0 unspecified atom stereocenters. The van der Waals surface area contributed by atoms with E-state index < -0.39 is 0 Å². The second-order valence-corrected chi connectivity index (χ2v) is 6.73. The Balaban J connectivity index is 1.67. The van der Waals surface area contributed by atoms with Gasteiger partial charge >= 0.3 is 0 Å². The summed E-state index contributed by atoms with van der Waals surface area (Å²) in [5, 5.41) is 3.44. The molecule has 154 valence electrons. The van der Waals surface area contributed by atoms with Crippen molar-refractivity contribution in [1.29, 1.82) is 0 Å². The number of nitrogens with one attached hydrogen (secondary N) is 1. The molecule has 0 saturated carbocycles. The van der Waals surface area contributed by atoms with E-state index >= 15 is 0 Å². The van der Waals surface area contributed by atoms with Gasteiger partial charge in [0.15, 0.2) is 17.5 Å². The molecule has 0 radical (unpaired) electrons. The SMILES string of the molecule is CN=C(NCc1cc(OC)c(OC)c(OC)c1)N1CC=C(c2ccccc2)CC1. The van der Waals surface area contributed by atoms with E-state index in [2.05, 4.69) is 45.6 Å². The Morgan fingerprint density at radius 1 is 1.03 bits per heavy atom. The van der Waals surface area contributed by atoms with Crippen LogP contribution in [0.15, 0.2) is 53.5 Å². The van der Waals surface area contributed by atoms with Crippen LogP contribution in [0.25, 0.3) is 5.57 Å². The van der Waals surface area contributed by atoms with Gasteiger partial charge in [-0.15, -0.1) is 0 Å². The number of methoxy groups -OCH3 is 3. The molecule has 1 aliphatic rings. The molecule has 2 aromatic rings. The summed E-state index contributed by atoms with van der Waals surface area (Å²) >= 11 is 0. The molecular weight excluding hydrogens is 366 g/mol.